The number of rotatable bonds is 1. The molecule has 6 nitrogen and oxygen atoms in total. The minimum absolute atomic E-state index is 0.0895. The summed E-state index contributed by atoms with van der Waals surface area (Å²) in [5.74, 6) is -0.0805. The molecule has 1 aliphatic rings. The number of para-hydroxylation sites is 1. The lowest BCUT2D eigenvalue weighted by Gasteiger charge is -2.14. The second kappa shape index (κ2) is 5.82. The number of anilines is 1. The molecule has 27 heavy (non-hydrogen) atoms. The van der Waals surface area contributed by atoms with Crippen molar-refractivity contribution >= 4 is 34.7 Å². The van der Waals surface area contributed by atoms with Crippen molar-refractivity contribution in [2.45, 2.75) is 6.42 Å². The van der Waals surface area contributed by atoms with Crippen LogP contribution in [0.5, 0.6) is 0 Å². The van der Waals surface area contributed by atoms with Crippen LogP contribution in [0.1, 0.15) is 5.56 Å². The van der Waals surface area contributed by atoms with Crippen LogP contribution in [0.15, 0.2) is 42.5 Å². The number of nitrogens with zero attached hydrogens (tertiary/aromatic N) is 2. The number of pyridine rings is 1. The number of fused-ring (bicyclic) bond motifs is 4. The number of benzene rings is 2. The number of amides is 1. The molecule has 1 amide bonds. The lowest BCUT2D eigenvalue weighted by molar-refractivity contribution is -0.115. The molecule has 8 heteroatoms. The highest BCUT2D eigenvalue weighted by atomic mass is 32.1. The van der Waals surface area contributed by atoms with Gasteiger partial charge in [-0.2, -0.15) is 4.98 Å². The highest BCUT2D eigenvalue weighted by molar-refractivity contribution is 7.71. The average Bonchev–Trinajstić information content (AvgIpc) is 3.02. The second-order valence-electron chi connectivity index (χ2n) is 6.26. The number of aromatic amines is 2. The Balaban J connectivity index is 1.96. The molecule has 0 fully saturated rings. The van der Waals surface area contributed by atoms with Gasteiger partial charge in [0.05, 0.1) is 23.3 Å². The number of carbonyl (C=O) groups excluding carboxylic acids is 1. The third-order valence-corrected chi connectivity index (χ3v) is 4.77. The largest absolute Gasteiger partial charge is 0.325 e. The molecule has 0 atom stereocenters. The molecular formula is C19H12FN5OS. The highest BCUT2D eigenvalue weighted by Gasteiger charge is 2.26. The maximum atomic E-state index is 14.0. The van der Waals surface area contributed by atoms with Crippen LogP contribution < -0.4 is 5.32 Å². The van der Waals surface area contributed by atoms with Gasteiger partial charge in [-0.15, -0.1) is 0 Å². The first kappa shape index (κ1) is 15.8. The van der Waals surface area contributed by atoms with Gasteiger partial charge >= 0.3 is 0 Å². The van der Waals surface area contributed by atoms with Crippen LogP contribution in [0.3, 0.4) is 0 Å². The standard InChI is InChI=1S/C19H12FN5OS/c20-9-5-6-14-11(7-9)17-12(8-15(26)21-14)16(18-23-19(27)25-24-18)10-3-1-2-4-13(10)22-17/h1-7H,8H2,(H,21,26)(H2,23,24,25,27). The van der Waals surface area contributed by atoms with E-state index in [2.05, 4.69) is 20.5 Å². The fraction of sp³-hybridized carbons (Fsp3) is 0.0526. The van der Waals surface area contributed by atoms with E-state index >= 15 is 0 Å². The van der Waals surface area contributed by atoms with Gasteiger partial charge in [-0.25, -0.2) is 9.37 Å². The summed E-state index contributed by atoms with van der Waals surface area (Å²) in [6.07, 6.45) is 0.0895. The summed E-state index contributed by atoms with van der Waals surface area (Å²) in [6.45, 7) is 0. The summed E-state index contributed by atoms with van der Waals surface area (Å²) in [6, 6.07) is 11.8. The smallest absolute Gasteiger partial charge is 0.228 e. The molecule has 3 N–H and O–H groups in total. The van der Waals surface area contributed by atoms with Crippen molar-refractivity contribution in [1.82, 2.24) is 20.2 Å². The molecule has 0 aliphatic carbocycles. The van der Waals surface area contributed by atoms with Crippen LogP contribution in [0.2, 0.25) is 0 Å². The molecular weight excluding hydrogens is 365 g/mol. The molecule has 4 aromatic rings. The Bertz CT molecular complexity index is 1290. The first-order chi connectivity index (χ1) is 13.1. The summed E-state index contributed by atoms with van der Waals surface area (Å²) < 4.78 is 14.3. The fourth-order valence-corrected chi connectivity index (χ4v) is 3.62. The van der Waals surface area contributed by atoms with Crippen molar-refractivity contribution < 1.29 is 9.18 Å². The number of hydrogen-bond donors (Lipinski definition) is 3. The third-order valence-electron chi connectivity index (χ3n) is 4.58. The van der Waals surface area contributed by atoms with Gasteiger partial charge < -0.3 is 5.32 Å². The van der Waals surface area contributed by atoms with Crippen LogP contribution in [0, 0.1) is 10.6 Å². The van der Waals surface area contributed by atoms with E-state index in [0.717, 1.165) is 16.5 Å². The van der Waals surface area contributed by atoms with E-state index in [-0.39, 0.29) is 12.3 Å². The van der Waals surface area contributed by atoms with Gasteiger partial charge in [0.15, 0.2) is 5.82 Å². The molecule has 0 saturated carbocycles. The van der Waals surface area contributed by atoms with E-state index in [1.54, 1.807) is 6.07 Å². The van der Waals surface area contributed by atoms with Gasteiger partial charge in [0.25, 0.3) is 0 Å². The minimum atomic E-state index is -0.397. The Morgan fingerprint density at radius 1 is 1.07 bits per heavy atom. The van der Waals surface area contributed by atoms with Crippen molar-refractivity contribution in [2.24, 2.45) is 0 Å². The first-order valence-corrected chi connectivity index (χ1v) is 8.67. The number of carbonyl (C=O) groups is 1. The topological polar surface area (TPSA) is 86.5 Å². The predicted octanol–water partition coefficient (Wildman–Crippen LogP) is 3.98. The predicted molar refractivity (Wildman–Crippen MR) is 102 cm³/mol. The Morgan fingerprint density at radius 3 is 2.74 bits per heavy atom. The monoisotopic (exact) mass is 377 g/mol. The van der Waals surface area contributed by atoms with Crippen molar-refractivity contribution in [2.75, 3.05) is 5.32 Å². The zero-order valence-electron chi connectivity index (χ0n) is 13.8. The van der Waals surface area contributed by atoms with Gasteiger partial charge in [0.1, 0.15) is 5.82 Å². The fourth-order valence-electron chi connectivity index (χ4n) is 3.48. The number of hydrogen-bond acceptors (Lipinski definition) is 4. The Morgan fingerprint density at radius 2 is 1.93 bits per heavy atom. The van der Waals surface area contributed by atoms with Gasteiger partial charge in [-0.3, -0.25) is 15.0 Å². The molecule has 2 aromatic heterocycles. The molecule has 0 radical (unpaired) electrons. The van der Waals surface area contributed by atoms with E-state index in [1.807, 2.05) is 24.3 Å². The Kier molecular flexibility index (Phi) is 3.41. The van der Waals surface area contributed by atoms with E-state index in [9.17, 15) is 9.18 Å². The van der Waals surface area contributed by atoms with E-state index in [4.69, 9.17) is 17.2 Å². The van der Waals surface area contributed by atoms with Gasteiger partial charge in [0, 0.05) is 16.5 Å². The molecule has 0 unspecified atom stereocenters. The number of aromatic nitrogens is 4. The van der Waals surface area contributed by atoms with Gasteiger partial charge in [0.2, 0.25) is 10.7 Å². The lowest BCUT2D eigenvalue weighted by atomic mass is 9.94. The van der Waals surface area contributed by atoms with Crippen molar-refractivity contribution in [3.8, 4) is 22.6 Å². The van der Waals surface area contributed by atoms with Crippen LogP contribution in [0.25, 0.3) is 33.5 Å². The molecule has 0 spiro atoms. The molecule has 3 heterocycles. The molecule has 0 saturated heterocycles. The van der Waals surface area contributed by atoms with Crippen molar-refractivity contribution in [3.63, 3.8) is 0 Å². The van der Waals surface area contributed by atoms with Crippen LogP contribution >= 0.6 is 12.2 Å². The molecule has 2 aromatic carbocycles. The van der Waals surface area contributed by atoms with Gasteiger partial charge in [-0.1, -0.05) is 18.2 Å². The maximum Gasteiger partial charge on any atom is 0.228 e. The van der Waals surface area contributed by atoms with Crippen LogP contribution in [0.4, 0.5) is 10.1 Å². The molecule has 1 aliphatic heterocycles. The maximum absolute atomic E-state index is 14.0. The number of nitrogens with one attached hydrogen (secondary N) is 3. The molecule has 132 valence electrons. The Labute approximate surface area is 157 Å². The molecule has 5 rings (SSSR count). The normalized spacial score (nSPS) is 13.0. The second-order valence-corrected chi connectivity index (χ2v) is 6.65. The average molecular weight is 377 g/mol. The first-order valence-electron chi connectivity index (χ1n) is 8.26. The van der Waals surface area contributed by atoms with Crippen molar-refractivity contribution in [1.29, 1.82) is 0 Å². The summed E-state index contributed by atoms with van der Waals surface area (Å²) in [7, 11) is 0. The third kappa shape index (κ3) is 2.53. The van der Waals surface area contributed by atoms with E-state index in [1.165, 1.54) is 12.1 Å². The summed E-state index contributed by atoms with van der Waals surface area (Å²) in [5, 5.41) is 9.42. The SMILES string of the molecule is O=C1Cc2c(nc3ccccc3c2-c2nc(=S)[nH][nH]2)-c2cc(F)ccc2N1. The summed E-state index contributed by atoms with van der Waals surface area (Å²) in [4.78, 5) is 21.6. The van der Waals surface area contributed by atoms with Crippen molar-refractivity contribution in [3.05, 3.63) is 58.6 Å². The highest BCUT2D eigenvalue weighted by Crippen LogP contribution is 2.40. The summed E-state index contributed by atoms with van der Waals surface area (Å²) >= 11 is 5.10. The summed E-state index contributed by atoms with van der Waals surface area (Å²) in [5.41, 5.74) is 3.75. The number of halogens is 1. The zero-order valence-corrected chi connectivity index (χ0v) is 14.7. The minimum Gasteiger partial charge on any atom is -0.325 e. The lowest BCUT2D eigenvalue weighted by Crippen LogP contribution is -2.13. The zero-order chi connectivity index (χ0) is 18.5. The van der Waals surface area contributed by atoms with Crippen LogP contribution in [-0.2, 0) is 11.2 Å². The Hall–Kier alpha value is -3.39. The number of H-pyrrole nitrogens is 2. The quantitative estimate of drug-likeness (QED) is 0.438. The van der Waals surface area contributed by atoms with Gasteiger partial charge in [-0.05, 0) is 42.0 Å². The van der Waals surface area contributed by atoms with E-state index < -0.39 is 5.82 Å². The molecule has 0 bridgehead atoms. The van der Waals surface area contributed by atoms with Crippen LogP contribution in [-0.4, -0.2) is 26.1 Å². The van der Waals surface area contributed by atoms with E-state index in [0.29, 0.717) is 33.1 Å².